The fourth-order valence-corrected chi connectivity index (χ4v) is 2.29. The molecule has 1 fully saturated rings. The molecule has 5 nitrogen and oxygen atoms in total. The van der Waals surface area contributed by atoms with Gasteiger partial charge in [-0.25, -0.2) is 0 Å². The molecule has 0 aromatic heterocycles. The first kappa shape index (κ1) is 14.6. The number of nitrogens with one attached hydrogen (secondary N) is 1. The van der Waals surface area contributed by atoms with Gasteiger partial charge in [0.15, 0.2) is 0 Å². The summed E-state index contributed by atoms with van der Waals surface area (Å²) < 4.78 is 0. The van der Waals surface area contributed by atoms with Gasteiger partial charge in [0.2, 0.25) is 17.7 Å². The molecule has 1 aliphatic rings. The van der Waals surface area contributed by atoms with Crippen LogP contribution in [0.15, 0.2) is 0 Å². The third-order valence-corrected chi connectivity index (χ3v) is 3.58. The zero-order valence-corrected chi connectivity index (χ0v) is 11.1. The van der Waals surface area contributed by atoms with Crippen molar-refractivity contribution < 1.29 is 14.4 Å². The van der Waals surface area contributed by atoms with Gasteiger partial charge in [-0.15, -0.1) is 12.3 Å². The van der Waals surface area contributed by atoms with Crippen LogP contribution in [-0.2, 0) is 14.4 Å². The third kappa shape index (κ3) is 3.77. The van der Waals surface area contributed by atoms with Gasteiger partial charge in [-0.3, -0.25) is 19.3 Å². The molecule has 0 aromatic carbocycles. The Morgan fingerprint density at radius 1 is 1.61 bits per heavy atom. The molecule has 1 N–H and O–H groups in total. The number of amides is 3. The summed E-state index contributed by atoms with van der Waals surface area (Å²) >= 11 is 1.36. The van der Waals surface area contributed by atoms with Crippen LogP contribution in [0.25, 0.3) is 0 Å². The van der Waals surface area contributed by atoms with E-state index in [9.17, 15) is 14.4 Å². The first-order valence-electron chi connectivity index (χ1n) is 5.67. The minimum absolute atomic E-state index is 0.128. The fourth-order valence-electron chi connectivity index (χ4n) is 1.65. The maximum Gasteiger partial charge on any atom is 0.242 e. The topological polar surface area (TPSA) is 66.5 Å². The number of imide groups is 1. The number of hydrogen-bond acceptors (Lipinski definition) is 4. The van der Waals surface area contributed by atoms with E-state index < -0.39 is 0 Å². The van der Waals surface area contributed by atoms with Crippen molar-refractivity contribution in [2.45, 2.75) is 24.5 Å². The quantitative estimate of drug-likeness (QED) is 0.418. The van der Waals surface area contributed by atoms with Crippen LogP contribution in [0.3, 0.4) is 0 Å². The highest BCUT2D eigenvalue weighted by Crippen LogP contribution is 2.22. The molecule has 3 amide bonds. The lowest BCUT2D eigenvalue weighted by Crippen LogP contribution is -2.35. The molecule has 18 heavy (non-hydrogen) atoms. The number of likely N-dealkylation sites (tertiary alicyclic amines) is 1. The zero-order valence-electron chi connectivity index (χ0n) is 10.3. The lowest BCUT2D eigenvalue weighted by molar-refractivity contribution is -0.138. The number of nitrogens with zero attached hydrogens (tertiary/aromatic N) is 1. The van der Waals surface area contributed by atoms with E-state index in [1.165, 1.54) is 16.7 Å². The lowest BCUT2D eigenvalue weighted by atomic mass is 10.3. The molecule has 98 valence electrons. The number of hydrogen-bond donors (Lipinski definition) is 1. The van der Waals surface area contributed by atoms with Gasteiger partial charge in [0.1, 0.15) is 0 Å². The SMILES string of the molecule is C#CCCNC(=O)CCN1C(=O)CC(SC)C1=O. The van der Waals surface area contributed by atoms with Crippen LogP contribution in [0.4, 0.5) is 0 Å². The first-order chi connectivity index (χ1) is 8.60. The second kappa shape index (κ2) is 7.07. The molecule has 0 aromatic rings. The standard InChI is InChI=1S/C12H16N2O3S/c1-3-4-6-13-10(15)5-7-14-11(16)8-9(18-2)12(14)17/h1,9H,4-8H2,2H3,(H,13,15). The predicted octanol–water partition coefficient (Wildman–Crippen LogP) is 0.00650. The highest BCUT2D eigenvalue weighted by atomic mass is 32.2. The van der Waals surface area contributed by atoms with Gasteiger partial charge in [0, 0.05) is 32.4 Å². The maximum atomic E-state index is 11.7. The van der Waals surface area contributed by atoms with Crippen LogP contribution in [-0.4, -0.2) is 47.2 Å². The Labute approximate surface area is 111 Å². The largest absolute Gasteiger partial charge is 0.355 e. The van der Waals surface area contributed by atoms with Crippen molar-refractivity contribution in [1.82, 2.24) is 10.2 Å². The number of thioether (sulfide) groups is 1. The molecule has 1 unspecified atom stereocenters. The number of terminal acetylenes is 1. The minimum Gasteiger partial charge on any atom is -0.355 e. The molecule has 1 saturated heterocycles. The molecule has 0 radical (unpaired) electrons. The Morgan fingerprint density at radius 2 is 2.33 bits per heavy atom. The smallest absolute Gasteiger partial charge is 0.242 e. The fraction of sp³-hybridized carbons (Fsp3) is 0.583. The zero-order chi connectivity index (χ0) is 13.5. The predicted molar refractivity (Wildman–Crippen MR) is 69.7 cm³/mol. The second-order valence-corrected chi connectivity index (χ2v) is 4.91. The van der Waals surface area contributed by atoms with Gasteiger partial charge in [-0.1, -0.05) is 0 Å². The second-order valence-electron chi connectivity index (χ2n) is 3.87. The van der Waals surface area contributed by atoms with E-state index in [1.54, 1.807) is 6.26 Å². The summed E-state index contributed by atoms with van der Waals surface area (Å²) in [7, 11) is 0. The first-order valence-corrected chi connectivity index (χ1v) is 6.96. The molecule has 0 bridgehead atoms. The van der Waals surface area contributed by atoms with Crippen LogP contribution < -0.4 is 5.32 Å². The van der Waals surface area contributed by atoms with Crippen LogP contribution in [0.5, 0.6) is 0 Å². The summed E-state index contributed by atoms with van der Waals surface area (Å²) in [6.07, 6.45) is 7.69. The molecular weight excluding hydrogens is 252 g/mol. The minimum atomic E-state index is -0.290. The van der Waals surface area contributed by atoms with Crippen LogP contribution in [0, 0.1) is 12.3 Å². The summed E-state index contributed by atoms with van der Waals surface area (Å²) in [5.41, 5.74) is 0. The lowest BCUT2D eigenvalue weighted by Gasteiger charge is -2.14. The Hall–Kier alpha value is -1.48. The van der Waals surface area contributed by atoms with Gasteiger partial charge < -0.3 is 5.32 Å². The van der Waals surface area contributed by atoms with Crippen molar-refractivity contribution in [3.8, 4) is 12.3 Å². The molecular formula is C12H16N2O3S. The molecule has 1 aliphatic heterocycles. The Kier molecular flexibility index (Phi) is 5.72. The van der Waals surface area contributed by atoms with Crippen molar-refractivity contribution >= 4 is 29.5 Å². The van der Waals surface area contributed by atoms with E-state index in [0.29, 0.717) is 13.0 Å². The summed E-state index contributed by atoms with van der Waals surface area (Å²) in [4.78, 5) is 35.9. The summed E-state index contributed by atoms with van der Waals surface area (Å²) in [6, 6.07) is 0. The van der Waals surface area contributed by atoms with Crippen molar-refractivity contribution in [1.29, 1.82) is 0 Å². The molecule has 1 atom stereocenters. The monoisotopic (exact) mass is 268 g/mol. The van der Waals surface area contributed by atoms with Gasteiger partial charge in [-0.2, -0.15) is 11.8 Å². The van der Waals surface area contributed by atoms with E-state index in [0.717, 1.165) is 0 Å². The summed E-state index contributed by atoms with van der Waals surface area (Å²) in [5, 5.41) is 2.34. The van der Waals surface area contributed by atoms with Gasteiger partial charge in [0.25, 0.3) is 0 Å². The Morgan fingerprint density at radius 3 is 2.89 bits per heavy atom. The Balaban J connectivity index is 2.35. The van der Waals surface area contributed by atoms with E-state index in [4.69, 9.17) is 6.42 Å². The molecule has 0 saturated carbocycles. The Bertz CT molecular complexity index is 389. The van der Waals surface area contributed by atoms with Crippen molar-refractivity contribution in [3.05, 3.63) is 0 Å². The van der Waals surface area contributed by atoms with E-state index in [1.807, 2.05) is 0 Å². The summed E-state index contributed by atoms with van der Waals surface area (Å²) in [6.45, 7) is 0.571. The highest BCUT2D eigenvalue weighted by molar-refractivity contribution is 8.00. The molecule has 0 aliphatic carbocycles. The molecule has 1 heterocycles. The number of rotatable bonds is 6. The van der Waals surface area contributed by atoms with Crippen molar-refractivity contribution in [3.63, 3.8) is 0 Å². The molecule has 1 rings (SSSR count). The molecule has 6 heteroatoms. The number of carbonyl (C=O) groups excluding carboxylic acids is 3. The van der Waals surface area contributed by atoms with Gasteiger partial charge in [-0.05, 0) is 6.26 Å². The highest BCUT2D eigenvalue weighted by Gasteiger charge is 2.37. The summed E-state index contributed by atoms with van der Waals surface area (Å²) in [5.74, 6) is 1.83. The van der Waals surface area contributed by atoms with E-state index >= 15 is 0 Å². The number of carbonyl (C=O) groups is 3. The van der Waals surface area contributed by atoms with E-state index in [-0.39, 0.29) is 42.4 Å². The average Bonchev–Trinajstić information content (AvgIpc) is 2.62. The normalized spacial score (nSPS) is 18.9. The average molecular weight is 268 g/mol. The van der Waals surface area contributed by atoms with Crippen molar-refractivity contribution in [2.75, 3.05) is 19.3 Å². The van der Waals surface area contributed by atoms with Crippen molar-refractivity contribution in [2.24, 2.45) is 0 Å². The van der Waals surface area contributed by atoms with E-state index in [2.05, 4.69) is 11.2 Å². The van der Waals surface area contributed by atoms with Gasteiger partial charge in [0.05, 0.1) is 5.25 Å². The maximum absolute atomic E-state index is 11.7. The van der Waals surface area contributed by atoms with Crippen LogP contribution in [0.2, 0.25) is 0 Å². The van der Waals surface area contributed by atoms with Crippen LogP contribution in [0.1, 0.15) is 19.3 Å². The molecule has 0 spiro atoms. The van der Waals surface area contributed by atoms with Crippen LogP contribution >= 0.6 is 11.8 Å². The third-order valence-electron chi connectivity index (χ3n) is 2.64. The van der Waals surface area contributed by atoms with Gasteiger partial charge >= 0.3 is 0 Å².